The Balaban J connectivity index is 1.73. The molecule has 0 aliphatic heterocycles. The number of anilines is 2. The first-order valence-electron chi connectivity index (χ1n) is 11.7. The van der Waals surface area contributed by atoms with Crippen LogP contribution in [0.25, 0.3) is 11.1 Å². The number of rotatable bonds is 7. The number of amides is 2. The molecule has 4 aromatic rings. The van der Waals surface area contributed by atoms with Gasteiger partial charge in [0.25, 0.3) is 0 Å². The zero-order valence-electron chi connectivity index (χ0n) is 21.1. The topological polar surface area (TPSA) is 96.9 Å². The second kappa shape index (κ2) is 10.9. The van der Waals surface area contributed by atoms with Crippen LogP contribution in [-0.2, 0) is 0 Å². The highest BCUT2D eigenvalue weighted by molar-refractivity contribution is 6.01. The fourth-order valence-corrected chi connectivity index (χ4v) is 3.89. The van der Waals surface area contributed by atoms with Gasteiger partial charge in [0.05, 0.1) is 12.8 Å². The van der Waals surface area contributed by atoms with Crippen molar-refractivity contribution < 1.29 is 24.2 Å². The van der Waals surface area contributed by atoms with Crippen LogP contribution < -0.4 is 20.1 Å². The van der Waals surface area contributed by atoms with E-state index >= 15 is 0 Å². The third-order valence-corrected chi connectivity index (χ3v) is 6.16. The lowest BCUT2D eigenvalue weighted by Crippen LogP contribution is -2.20. The molecule has 0 saturated heterocycles. The van der Waals surface area contributed by atoms with E-state index in [4.69, 9.17) is 9.47 Å². The minimum Gasteiger partial charge on any atom is -0.496 e. The quantitative estimate of drug-likeness (QED) is 0.247. The van der Waals surface area contributed by atoms with E-state index in [0.29, 0.717) is 34.0 Å². The van der Waals surface area contributed by atoms with Crippen molar-refractivity contribution in [3.05, 3.63) is 101 Å². The first kappa shape index (κ1) is 25.3. The Morgan fingerprint density at radius 3 is 2.05 bits per heavy atom. The molecule has 0 radical (unpaired) electrons. The van der Waals surface area contributed by atoms with Crippen molar-refractivity contribution in [3.63, 3.8) is 0 Å². The molecule has 0 heterocycles. The molecule has 0 atom stereocenters. The van der Waals surface area contributed by atoms with E-state index < -0.39 is 12.0 Å². The fourth-order valence-electron chi connectivity index (χ4n) is 3.89. The van der Waals surface area contributed by atoms with E-state index in [-0.39, 0.29) is 11.3 Å². The van der Waals surface area contributed by atoms with Crippen LogP contribution in [0.1, 0.15) is 27.0 Å². The smallest absolute Gasteiger partial charge is 0.339 e. The molecule has 7 heteroatoms. The summed E-state index contributed by atoms with van der Waals surface area (Å²) in [4.78, 5) is 24.7. The van der Waals surface area contributed by atoms with E-state index in [1.807, 2.05) is 69.3 Å². The van der Waals surface area contributed by atoms with Crippen molar-refractivity contribution in [2.75, 3.05) is 17.7 Å². The highest BCUT2D eigenvalue weighted by atomic mass is 16.5. The molecule has 0 aliphatic carbocycles. The molecule has 0 unspecified atom stereocenters. The largest absolute Gasteiger partial charge is 0.496 e. The molecule has 3 N–H and O–H groups in total. The van der Waals surface area contributed by atoms with Gasteiger partial charge in [-0.2, -0.15) is 0 Å². The Hall–Kier alpha value is -4.78. The number of carbonyl (C=O) groups excluding carboxylic acids is 1. The van der Waals surface area contributed by atoms with E-state index in [0.717, 1.165) is 16.7 Å². The lowest BCUT2D eigenvalue weighted by Gasteiger charge is -2.17. The van der Waals surface area contributed by atoms with Crippen molar-refractivity contribution in [1.82, 2.24) is 0 Å². The van der Waals surface area contributed by atoms with Crippen molar-refractivity contribution in [3.8, 4) is 28.4 Å². The Kier molecular flexibility index (Phi) is 7.44. The van der Waals surface area contributed by atoms with E-state index in [2.05, 4.69) is 10.6 Å². The van der Waals surface area contributed by atoms with Gasteiger partial charge in [0, 0.05) is 5.69 Å². The number of para-hydroxylation sites is 1. The lowest BCUT2D eigenvalue weighted by molar-refractivity contribution is 0.0693. The number of aromatic carboxylic acids is 1. The molecule has 0 fully saturated rings. The molecule has 0 bridgehead atoms. The summed E-state index contributed by atoms with van der Waals surface area (Å²) in [6, 6.07) is 23.1. The maximum atomic E-state index is 13.0. The van der Waals surface area contributed by atoms with Gasteiger partial charge in [-0.05, 0) is 85.0 Å². The summed E-state index contributed by atoms with van der Waals surface area (Å²) in [5, 5.41) is 15.4. The minimum atomic E-state index is -1.09. The average molecular weight is 497 g/mol. The molecular weight excluding hydrogens is 468 g/mol. The van der Waals surface area contributed by atoms with Crippen LogP contribution in [0.4, 0.5) is 16.2 Å². The van der Waals surface area contributed by atoms with Crippen LogP contribution >= 0.6 is 0 Å². The molecule has 2 amide bonds. The van der Waals surface area contributed by atoms with Gasteiger partial charge in [0.15, 0.2) is 5.75 Å². The first-order chi connectivity index (χ1) is 17.8. The number of carboxylic acid groups (broad SMARTS) is 1. The first-order valence-corrected chi connectivity index (χ1v) is 11.7. The van der Waals surface area contributed by atoms with Crippen molar-refractivity contribution in [1.29, 1.82) is 0 Å². The predicted octanol–water partition coefficient (Wildman–Crippen LogP) is 7.42. The zero-order valence-corrected chi connectivity index (χ0v) is 21.1. The number of urea groups is 1. The Bertz CT molecular complexity index is 1480. The standard InChI is InChI=1S/C30H28N2O5/c1-18-9-7-11-26(20(18)3)37-28-15-13-22(21-12-14-27(36-4)23(16-21)29(33)34)17-25(28)32-30(35)31-24-10-6-5-8-19(24)2/h5-17H,1-4H3,(H,33,34)(H2,31,32,35). The number of nitrogens with one attached hydrogen (secondary N) is 2. The molecule has 4 rings (SSSR count). The highest BCUT2D eigenvalue weighted by Gasteiger charge is 2.16. The molecular formula is C30H28N2O5. The van der Waals surface area contributed by atoms with Gasteiger partial charge in [-0.15, -0.1) is 0 Å². The highest BCUT2D eigenvalue weighted by Crippen LogP contribution is 2.36. The summed E-state index contributed by atoms with van der Waals surface area (Å²) in [6.45, 7) is 5.89. The average Bonchev–Trinajstić information content (AvgIpc) is 2.88. The molecule has 4 aromatic carbocycles. The number of aryl methyl sites for hydroxylation is 2. The van der Waals surface area contributed by atoms with Crippen molar-refractivity contribution >= 4 is 23.4 Å². The number of ether oxygens (including phenoxy) is 2. The summed E-state index contributed by atoms with van der Waals surface area (Å²) in [6.07, 6.45) is 0. The van der Waals surface area contributed by atoms with Gasteiger partial charge >= 0.3 is 12.0 Å². The SMILES string of the molecule is COc1ccc(-c2ccc(Oc3cccc(C)c3C)c(NC(=O)Nc3ccccc3C)c2)cc1C(=O)O. The maximum Gasteiger partial charge on any atom is 0.339 e. The molecule has 0 aliphatic rings. The van der Waals surface area contributed by atoms with Crippen molar-refractivity contribution in [2.24, 2.45) is 0 Å². The van der Waals surface area contributed by atoms with Crippen LogP contribution in [0.15, 0.2) is 78.9 Å². The third-order valence-electron chi connectivity index (χ3n) is 6.16. The number of benzene rings is 4. The Morgan fingerprint density at radius 2 is 1.35 bits per heavy atom. The molecule has 0 saturated carbocycles. The number of carboxylic acids is 1. The number of hydrogen-bond acceptors (Lipinski definition) is 4. The Morgan fingerprint density at radius 1 is 0.703 bits per heavy atom. The van der Waals surface area contributed by atoms with Crippen LogP contribution in [0.3, 0.4) is 0 Å². The summed E-state index contributed by atoms with van der Waals surface area (Å²) in [5.74, 6) is 0.295. The number of methoxy groups -OCH3 is 1. The van der Waals surface area contributed by atoms with Gasteiger partial charge in [-0.25, -0.2) is 9.59 Å². The number of carbonyl (C=O) groups is 2. The van der Waals surface area contributed by atoms with Gasteiger partial charge in [0.1, 0.15) is 17.1 Å². The summed E-state index contributed by atoms with van der Waals surface area (Å²) in [5.41, 5.74) is 5.51. The van der Waals surface area contributed by atoms with E-state index in [1.165, 1.54) is 7.11 Å². The summed E-state index contributed by atoms with van der Waals surface area (Å²) >= 11 is 0. The lowest BCUT2D eigenvalue weighted by atomic mass is 10.0. The third kappa shape index (κ3) is 5.73. The second-order valence-corrected chi connectivity index (χ2v) is 8.63. The van der Waals surface area contributed by atoms with E-state index in [1.54, 1.807) is 30.3 Å². The Labute approximate surface area is 215 Å². The van der Waals surface area contributed by atoms with Crippen LogP contribution in [-0.4, -0.2) is 24.2 Å². The number of hydrogen-bond donors (Lipinski definition) is 3. The monoisotopic (exact) mass is 496 g/mol. The molecule has 188 valence electrons. The van der Waals surface area contributed by atoms with Gasteiger partial charge in [-0.3, -0.25) is 0 Å². The molecule has 7 nitrogen and oxygen atoms in total. The molecule has 0 spiro atoms. The van der Waals surface area contributed by atoms with Gasteiger partial charge in [-0.1, -0.05) is 42.5 Å². The zero-order chi connectivity index (χ0) is 26.5. The summed E-state index contributed by atoms with van der Waals surface area (Å²) in [7, 11) is 1.43. The fraction of sp³-hybridized carbons (Fsp3) is 0.133. The van der Waals surface area contributed by atoms with Gasteiger partial charge in [0.2, 0.25) is 0 Å². The van der Waals surface area contributed by atoms with Crippen molar-refractivity contribution in [2.45, 2.75) is 20.8 Å². The maximum absolute atomic E-state index is 13.0. The van der Waals surface area contributed by atoms with Crippen LogP contribution in [0.5, 0.6) is 17.2 Å². The van der Waals surface area contributed by atoms with Gasteiger partial charge < -0.3 is 25.2 Å². The summed E-state index contributed by atoms with van der Waals surface area (Å²) < 4.78 is 11.4. The predicted molar refractivity (Wildman–Crippen MR) is 145 cm³/mol. The van der Waals surface area contributed by atoms with Crippen LogP contribution in [0.2, 0.25) is 0 Å². The minimum absolute atomic E-state index is 0.0440. The van der Waals surface area contributed by atoms with Crippen LogP contribution in [0, 0.1) is 20.8 Å². The normalized spacial score (nSPS) is 10.5. The molecule has 37 heavy (non-hydrogen) atoms. The second-order valence-electron chi connectivity index (χ2n) is 8.63. The van der Waals surface area contributed by atoms with E-state index in [9.17, 15) is 14.7 Å². The molecule has 0 aromatic heterocycles.